The number of unbranched alkanes of at least 4 members (excludes halogenated alkanes) is 1. The van der Waals surface area contributed by atoms with Crippen LogP contribution in [0.3, 0.4) is 0 Å². The standard InChI is InChI=1S/C6H11ClOS/c1-6(8)9-5-3-2-4-7/h2-5H2,1H3. The van der Waals surface area contributed by atoms with Crippen molar-refractivity contribution in [3.8, 4) is 0 Å². The highest BCUT2D eigenvalue weighted by molar-refractivity contribution is 8.13. The van der Waals surface area contributed by atoms with Crippen molar-refractivity contribution in [2.24, 2.45) is 0 Å². The zero-order valence-corrected chi connectivity index (χ0v) is 7.10. The Morgan fingerprint density at radius 2 is 2.22 bits per heavy atom. The molecule has 0 unspecified atom stereocenters. The molecular formula is C6H11ClOS. The normalized spacial score (nSPS) is 9.56. The highest BCUT2D eigenvalue weighted by atomic mass is 35.5. The van der Waals surface area contributed by atoms with Gasteiger partial charge in [-0.2, -0.15) is 0 Å². The summed E-state index contributed by atoms with van der Waals surface area (Å²) in [7, 11) is 0. The van der Waals surface area contributed by atoms with E-state index in [-0.39, 0.29) is 5.12 Å². The third-order valence-corrected chi connectivity index (χ3v) is 2.00. The van der Waals surface area contributed by atoms with Crippen molar-refractivity contribution in [2.75, 3.05) is 11.6 Å². The number of rotatable bonds is 4. The predicted molar refractivity (Wildman–Crippen MR) is 43.1 cm³/mol. The third-order valence-electron chi connectivity index (χ3n) is 0.833. The van der Waals surface area contributed by atoms with E-state index in [2.05, 4.69) is 0 Å². The Morgan fingerprint density at radius 1 is 1.56 bits per heavy atom. The van der Waals surface area contributed by atoms with Gasteiger partial charge >= 0.3 is 0 Å². The minimum atomic E-state index is 0.199. The largest absolute Gasteiger partial charge is 0.288 e. The molecule has 1 nitrogen and oxygen atoms in total. The van der Waals surface area contributed by atoms with Gasteiger partial charge in [0.05, 0.1) is 0 Å². The summed E-state index contributed by atoms with van der Waals surface area (Å²) in [6.45, 7) is 1.59. The lowest BCUT2D eigenvalue weighted by atomic mass is 10.4. The molecule has 0 aromatic rings. The molecule has 9 heavy (non-hydrogen) atoms. The van der Waals surface area contributed by atoms with Crippen LogP contribution < -0.4 is 0 Å². The molecule has 0 fully saturated rings. The summed E-state index contributed by atoms with van der Waals surface area (Å²) in [5.74, 6) is 1.63. The number of carbonyl (C=O) groups excluding carboxylic acids is 1. The molecule has 0 aliphatic carbocycles. The lowest BCUT2D eigenvalue weighted by Crippen LogP contribution is -1.86. The molecule has 54 valence electrons. The first kappa shape index (κ1) is 9.31. The average Bonchev–Trinajstić information content (AvgIpc) is 1.80. The van der Waals surface area contributed by atoms with E-state index >= 15 is 0 Å². The van der Waals surface area contributed by atoms with Crippen LogP contribution in [-0.2, 0) is 4.79 Å². The Morgan fingerprint density at radius 3 is 2.67 bits per heavy atom. The first-order valence-electron chi connectivity index (χ1n) is 2.96. The van der Waals surface area contributed by atoms with Gasteiger partial charge < -0.3 is 0 Å². The van der Waals surface area contributed by atoms with Gasteiger partial charge in [-0.15, -0.1) is 11.6 Å². The fourth-order valence-electron chi connectivity index (χ4n) is 0.412. The molecule has 0 aliphatic heterocycles. The van der Waals surface area contributed by atoms with E-state index in [0.717, 1.165) is 18.6 Å². The molecular weight excluding hydrogens is 156 g/mol. The first-order chi connectivity index (χ1) is 4.27. The van der Waals surface area contributed by atoms with Crippen molar-refractivity contribution in [3.63, 3.8) is 0 Å². The van der Waals surface area contributed by atoms with E-state index in [9.17, 15) is 4.79 Å². The van der Waals surface area contributed by atoms with Gasteiger partial charge in [0.1, 0.15) is 0 Å². The summed E-state index contributed by atoms with van der Waals surface area (Å²) >= 11 is 6.80. The second-order valence-corrected chi connectivity index (χ2v) is 3.39. The quantitative estimate of drug-likeness (QED) is 0.471. The number of hydrogen-bond acceptors (Lipinski definition) is 2. The van der Waals surface area contributed by atoms with E-state index in [1.54, 1.807) is 6.92 Å². The Kier molecular flexibility index (Phi) is 6.65. The maximum atomic E-state index is 10.3. The molecule has 0 aromatic carbocycles. The van der Waals surface area contributed by atoms with Crippen LogP contribution >= 0.6 is 23.4 Å². The molecule has 0 saturated heterocycles. The van der Waals surface area contributed by atoms with Crippen LogP contribution in [0.15, 0.2) is 0 Å². The van der Waals surface area contributed by atoms with E-state index in [1.807, 2.05) is 0 Å². The highest BCUT2D eigenvalue weighted by Gasteiger charge is 1.91. The van der Waals surface area contributed by atoms with Crippen molar-refractivity contribution >= 4 is 28.5 Å². The van der Waals surface area contributed by atoms with Crippen LogP contribution in [-0.4, -0.2) is 16.7 Å². The third kappa shape index (κ3) is 8.31. The van der Waals surface area contributed by atoms with E-state index < -0.39 is 0 Å². The van der Waals surface area contributed by atoms with Gasteiger partial charge in [-0.1, -0.05) is 11.8 Å². The highest BCUT2D eigenvalue weighted by Crippen LogP contribution is 2.05. The van der Waals surface area contributed by atoms with Crippen LogP contribution in [0.4, 0.5) is 0 Å². The van der Waals surface area contributed by atoms with E-state index in [0.29, 0.717) is 5.88 Å². The average molecular weight is 167 g/mol. The van der Waals surface area contributed by atoms with Gasteiger partial charge in [0, 0.05) is 18.6 Å². The molecule has 0 aliphatic rings. The summed E-state index contributed by atoms with van der Waals surface area (Å²) in [6, 6.07) is 0. The zero-order valence-electron chi connectivity index (χ0n) is 5.52. The first-order valence-corrected chi connectivity index (χ1v) is 4.48. The van der Waals surface area contributed by atoms with Crippen molar-refractivity contribution in [1.82, 2.24) is 0 Å². The molecule has 0 saturated carbocycles. The molecule has 0 bridgehead atoms. The SMILES string of the molecule is CC(=O)SCCCCCl. The zero-order chi connectivity index (χ0) is 7.11. The molecule has 0 amide bonds. The minimum absolute atomic E-state index is 0.199. The van der Waals surface area contributed by atoms with Gasteiger partial charge in [0.2, 0.25) is 0 Å². The minimum Gasteiger partial charge on any atom is -0.288 e. The maximum Gasteiger partial charge on any atom is 0.185 e. The molecule has 0 spiro atoms. The number of alkyl halides is 1. The summed E-state index contributed by atoms with van der Waals surface area (Å²) in [5.41, 5.74) is 0. The van der Waals surface area contributed by atoms with Gasteiger partial charge in [-0.25, -0.2) is 0 Å². The molecule has 0 aromatic heterocycles. The number of carbonyl (C=O) groups is 1. The van der Waals surface area contributed by atoms with Crippen LogP contribution in [0.2, 0.25) is 0 Å². The van der Waals surface area contributed by atoms with Crippen LogP contribution in [0.25, 0.3) is 0 Å². The number of hydrogen-bond donors (Lipinski definition) is 0. The lowest BCUT2D eigenvalue weighted by Gasteiger charge is -1.92. The predicted octanol–water partition coefficient (Wildman–Crippen LogP) is 2.29. The molecule has 3 heteroatoms. The fraction of sp³-hybridized carbons (Fsp3) is 0.833. The summed E-state index contributed by atoms with van der Waals surface area (Å²) < 4.78 is 0. The van der Waals surface area contributed by atoms with Crippen molar-refractivity contribution in [1.29, 1.82) is 0 Å². The van der Waals surface area contributed by atoms with Gasteiger partial charge in [0.15, 0.2) is 5.12 Å². The van der Waals surface area contributed by atoms with Gasteiger partial charge in [-0.05, 0) is 12.8 Å². The summed E-state index contributed by atoms with van der Waals surface area (Å²) in [4.78, 5) is 10.3. The maximum absolute atomic E-state index is 10.3. The smallest absolute Gasteiger partial charge is 0.185 e. The van der Waals surface area contributed by atoms with Crippen LogP contribution in [0.1, 0.15) is 19.8 Å². The Balaban J connectivity index is 2.83. The van der Waals surface area contributed by atoms with Crippen LogP contribution in [0, 0.1) is 0 Å². The second-order valence-electron chi connectivity index (χ2n) is 1.74. The van der Waals surface area contributed by atoms with Crippen molar-refractivity contribution < 1.29 is 4.79 Å². The van der Waals surface area contributed by atoms with Gasteiger partial charge in [-0.3, -0.25) is 4.79 Å². The van der Waals surface area contributed by atoms with Crippen LogP contribution in [0.5, 0.6) is 0 Å². The topological polar surface area (TPSA) is 17.1 Å². The fourth-order valence-corrected chi connectivity index (χ4v) is 1.24. The Bertz CT molecular complexity index is 85.1. The Hall–Kier alpha value is 0.310. The molecule has 0 N–H and O–H groups in total. The van der Waals surface area contributed by atoms with E-state index in [1.165, 1.54) is 11.8 Å². The van der Waals surface area contributed by atoms with Gasteiger partial charge in [0.25, 0.3) is 0 Å². The lowest BCUT2D eigenvalue weighted by molar-refractivity contribution is -0.109. The number of thioether (sulfide) groups is 1. The molecule has 0 heterocycles. The monoisotopic (exact) mass is 166 g/mol. The molecule has 0 atom stereocenters. The number of halogens is 1. The molecule has 0 rings (SSSR count). The van der Waals surface area contributed by atoms with E-state index in [4.69, 9.17) is 11.6 Å². The summed E-state index contributed by atoms with van der Waals surface area (Å²) in [5, 5.41) is 0.199. The molecule has 0 radical (unpaired) electrons. The summed E-state index contributed by atoms with van der Waals surface area (Å²) in [6.07, 6.45) is 2.07. The Labute approximate surface area is 65.2 Å². The van der Waals surface area contributed by atoms with Crippen molar-refractivity contribution in [2.45, 2.75) is 19.8 Å². The van der Waals surface area contributed by atoms with Crippen molar-refractivity contribution in [3.05, 3.63) is 0 Å². The second kappa shape index (κ2) is 6.43.